The normalized spacial score (nSPS) is 18.8. The van der Waals surface area contributed by atoms with Gasteiger partial charge in [-0.3, -0.25) is 0 Å². The largest absolute Gasteiger partial charge is 0.493 e. The molecule has 3 heterocycles. The number of amidine groups is 1. The first-order valence-corrected chi connectivity index (χ1v) is 11.1. The third-order valence-corrected chi connectivity index (χ3v) is 6.08. The maximum atomic E-state index is 12.2. The van der Waals surface area contributed by atoms with E-state index >= 15 is 0 Å². The quantitative estimate of drug-likeness (QED) is 0.485. The fourth-order valence-corrected chi connectivity index (χ4v) is 4.48. The van der Waals surface area contributed by atoms with Crippen molar-refractivity contribution in [2.45, 2.75) is 32.2 Å². The van der Waals surface area contributed by atoms with Crippen molar-refractivity contribution in [3.63, 3.8) is 0 Å². The summed E-state index contributed by atoms with van der Waals surface area (Å²) in [7, 11) is 0. The highest BCUT2D eigenvalue weighted by atomic mass is 16.7. The van der Waals surface area contributed by atoms with Gasteiger partial charge in [-0.2, -0.15) is 0 Å². The lowest BCUT2D eigenvalue weighted by Gasteiger charge is -2.17. The first-order chi connectivity index (χ1) is 16.4. The Bertz CT molecular complexity index is 1570. The molecule has 0 spiro atoms. The second-order valence-corrected chi connectivity index (χ2v) is 8.87. The van der Waals surface area contributed by atoms with Gasteiger partial charge in [-0.1, -0.05) is 12.1 Å². The summed E-state index contributed by atoms with van der Waals surface area (Å²) in [6.07, 6.45) is 0.781. The minimum Gasteiger partial charge on any atom is -0.493 e. The highest BCUT2D eigenvalue weighted by Gasteiger charge is 2.32. The van der Waals surface area contributed by atoms with Gasteiger partial charge in [-0.05, 0) is 50.2 Å². The molecule has 1 fully saturated rings. The number of ether oxygens (including phenoxy) is 3. The molecule has 172 valence electrons. The van der Waals surface area contributed by atoms with Crippen molar-refractivity contribution in [1.82, 2.24) is 0 Å². The minimum absolute atomic E-state index is 0.0352. The van der Waals surface area contributed by atoms with E-state index in [1.165, 1.54) is 0 Å². The van der Waals surface area contributed by atoms with Gasteiger partial charge in [0, 0.05) is 22.8 Å². The molecular formula is C26H22N2O6. The molecule has 0 unspecified atom stereocenters. The molecule has 8 nitrogen and oxygen atoms in total. The van der Waals surface area contributed by atoms with Crippen LogP contribution in [0.25, 0.3) is 21.5 Å². The average Bonchev–Trinajstić information content (AvgIpc) is 3.40. The van der Waals surface area contributed by atoms with Crippen LogP contribution < -0.4 is 15.7 Å². The molecule has 8 heteroatoms. The third-order valence-electron chi connectivity index (χ3n) is 6.08. The van der Waals surface area contributed by atoms with Gasteiger partial charge >= 0.3 is 5.63 Å². The monoisotopic (exact) mass is 458 g/mol. The van der Waals surface area contributed by atoms with Gasteiger partial charge in [0.05, 0.1) is 41.1 Å². The summed E-state index contributed by atoms with van der Waals surface area (Å²) in [5.41, 5.74) is 0.862. The zero-order valence-electron chi connectivity index (χ0n) is 18.7. The van der Waals surface area contributed by atoms with E-state index in [0.29, 0.717) is 46.3 Å². The smallest absolute Gasteiger partial charge is 0.346 e. The van der Waals surface area contributed by atoms with Crippen LogP contribution in [0, 0.1) is 0 Å². The van der Waals surface area contributed by atoms with Gasteiger partial charge in [-0.15, -0.1) is 0 Å². The summed E-state index contributed by atoms with van der Waals surface area (Å²) in [6, 6.07) is 14.6. The van der Waals surface area contributed by atoms with Gasteiger partial charge in [-0.25, -0.2) is 14.8 Å². The molecule has 3 aromatic carbocycles. The van der Waals surface area contributed by atoms with E-state index in [1.54, 1.807) is 18.2 Å². The van der Waals surface area contributed by atoms with Crippen LogP contribution in [0.2, 0.25) is 0 Å². The first kappa shape index (κ1) is 20.8. The van der Waals surface area contributed by atoms with Crippen molar-refractivity contribution >= 4 is 33.1 Å². The Morgan fingerprint density at radius 1 is 1.09 bits per heavy atom. The number of aromatic hydroxyl groups is 1. The van der Waals surface area contributed by atoms with Crippen molar-refractivity contribution in [2.75, 3.05) is 13.2 Å². The number of fused-ring (bicyclic) bond motifs is 2. The summed E-state index contributed by atoms with van der Waals surface area (Å²) in [6.45, 7) is 4.92. The van der Waals surface area contributed by atoms with Crippen LogP contribution in [-0.2, 0) is 9.47 Å². The number of nitrogens with zero attached hydrogens (tertiary/aromatic N) is 2. The number of benzene rings is 3. The molecule has 1 atom stereocenters. The second-order valence-electron chi connectivity index (χ2n) is 8.87. The van der Waals surface area contributed by atoms with Gasteiger partial charge in [0.2, 0.25) is 0 Å². The van der Waals surface area contributed by atoms with Crippen LogP contribution in [-0.4, -0.2) is 36.0 Å². The Labute approximate surface area is 194 Å². The number of rotatable bonds is 5. The zero-order chi connectivity index (χ0) is 23.4. The lowest BCUT2D eigenvalue weighted by molar-refractivity contribution is -0.139. The lowest BCUT2D eigenvalue weighted by atomic mass is 10.0. The van der Waals surface area contributed by atoms with Gasteiger partial charge in [0.15, 0.2) is 11.6 Å². The highest BCUT2D eigenvalue weighted by molar-refractivity contribution is 6.14. The van der Waals surface area contributed by atoms with Crippen LogP contribution in [0.5, 0.6) is 11.7 Å². The summed E-state index contributed by atoms with van der Waals surface area (Å²) >= 11 is 0. The number of aliphatic imine (C=N–C) groups is 1. The van der Waals surface area contributed by atoms with E-state index in [-0.39, 0.29) is 6.10 Å². The summed E-state index contributed by atoms with van der Waals surface area (Å²) < 4.78 is 22.2. The third kappa shape index (κ3) is 3.52. The maximum Gasteiger partial charge on any atom is 0.346 e. The molecule has 0 saturated carbocycles. The van der Waals surface area contributed by atoms with Crippen LogP contribution >= 0.6 is 0 Å². The van der Waals surface area contributed by atoms with Crippen molar-refractivity contribution in [3.05, 3.63) is 69.9 Å². The maximum absolute atomic E-state index is 12.2. The zero-order valence-corrected chi connectivity index (χ0v) is 18.7. The van der Waals surface area contributed by atoms with Gasteiger partial charge in [0.25, 0.3) is 5.95 Å². The predicted octanol–water partition coefficient (Wildman–Crippen LogP) is 4.00. The number of hydrogen-bond donors (Lipinski definition) is 1. The Hall–Kier alpha value is -3.75. The van der Waals surface area contributed by atoms with E-state index in [4.69, 9.17) is 23.6 Å². The van der Waals surface area contributed by atoms with Gasteiger partial charge in [0.1, 0.15) is 5.75 Å². The second kappa shape index (κ2) is 7.65. The molecule has 2 aliphatic rings. The molecule has 1 saturated heterocycles. The van der Waals surface area contributed by atoms with E-state index < -0.39 is 17.4 Å². The first-order valence-electron chi connectivity index (χ1n) is 11.1. The molecule has 0 bridgehead atoms. The van der Waals surface area contributed by atoms with Crippen molar-refractivity contribution in [1.29, 1.82) is 0 Å². The van der Waals surface area contributed by atoms with Crippen molar-refractivity contribution < 1.29 is 23.7 Å². The minimum atomic E-state index is -0.582. The lowest BCUT2D eigenvalue weighted by Crippen LogP contribution is -2.22. The predicted molar refractivity (Wildman–Crippen MR) is 126 cm³/mol. The van der Waals surface area contributed by atoms with E-state index in [1.807, 2.05) is 44.2 Å². The average molecular weight is 458 g/mol. The Kier molecular flexibility index (Phi) is 4.68. The summed E-state index contributed by atoms with van der Waals surface area (Å²) in [5, 5.41) is 13.1. The molecule has 1 aromatic heterocycles. The summed E-state index contributed by atoms with van der Waals surface area (Å²) in [4.78, 5) is 21.6. The fourth-order valence-electron chi connectivity index (χ4n) is 4.48. The molecule has 2 aliphatic heterocycles. The molecule has 34 heavy (non-hydrogen) atoms. The Balaban J connectivity index is 1.25. The SMILES string of the molecule is CC1(C)OC[C@H](CCOc2ccc(C3=Nc4cc5c(O)oc(=O)c6cccc(c4=N3)c56)cc2)O1. The molecule has 1 N–H and O–H groups in total. The van der Waals surface area contributed by atoms with Crippen LogP contribution in [0.4, 0.5) is 5.69 Å². The van der Waals surface area contributed by atoms with Crippen LogP contribution in [0.3, 0.4) is 0 Å². The fraction of sp³-hybridized carbons (Fsp3) is 0.269. The van der Waals surface area contributed by atoms with Crippen LogP contribution in [0.1, 0.15) is 25.8 Å². The van der Waals surface area contributed by atoms with Crippen molar-refractivity contribution in [3.8, 4) is 11.7 Å². The van der Waals surface area contributed by atoms with Crippen molar-refractivity contribution in [2.24, 2.45) is 9.98 Å². The molecule has 0 radical (unpaired) electrons. The molecule has 0 amide bonds. The van der Waals surface area contributed by atoms with Gasteiger partial charge < -0.3 is 23.7 Å². The topological polar surface area (TPSA) is 103 Å². The van der Waals surface area contributed by atoms with Crippen LogP contribution in [0.15, 0.2) is 67.7 Å². The van der Waals surface area contributed by atoms with E-state index in [9.17, 15) is 9.90 Å². The molecule has 6 rings (SSSR count). The Morgan fingerprint density at radius 3 is 2.65 bits per heavy atom. The standard InChI is InChI=1S/C26H22N2O6/c1-26(2)32-13-16(34-26)10-11-31-15-8-6-14(7-9-15)23-27-20-12-19-21-17(22(20)28-23)4-3-5-18(21)24(29)33-25(19)30/h3-9,12,16,30H,10-11,13H2,1-2H3/t16-/m0/s1. The molecule has 4 aromatic rings. The number of hydrogen-bond acceptors (Lipinski definition) is 8. The highest BCUT2D eigenvalue weighted by Crippen LogP contribution is 2.33. The Morgan fingerprint density at radius 2 is 1.88 bits per heavy atom. The molecule has 0 aliphatic carbocycles. The summed E-state index contributed by atoms with van der Waals surface area (Å²) in [5.74, 6) is 0.353. The van der Waals surface area contributed by atoms with E-state index in [2.05, 4.69) is 4.99 Å². The molecular weight excluding hydrogens is 436 g/mol. The van der Waals surface area contributed by atoms with E-state index in [0.717, 1.165) is 23.1 Å².